The minimum absolute atomic E-state index is 0.119. The van der Waals surface area contributed by atoms with Crippen LogP contribution in [0.4, 0.5) is 13.2 Å². The molecule has 1 aliphatic rings. The monoisotopic (exact) mass is 445 g/mol. The van der Waals surface area contributed by atoms with Crippen LogP contribution in [0.1, 0.15) is 22.5 Å². The molecule has 1 aliphatic heterocycles. The van der Waals surface area contributed by atoms with E-state index in [0.29, 0.717) is 32.4 Å². The highest BCUT2D eigenvalue weighted by Crippen LogP contribution is 2.35. The van der Waals surface area contributed by atoms with Gasteiger partial charge in [-0.1, -0.05) is 41.7 Å². The number of thiazole rings is 1. The summed E-state index contributed by atoms with van der Waals surface area (Å²) in [5.41, 5.74) is -0.129. The standard InChI is InChI=1S/C21H14F3N3O3S/c22-21(23,24)14-6-2-1-4-12(14)8-9-17-25-20-27(26-17)19(28)16(31-20)10-13-5-3-7-15-18(13)30-11-29-15/h1-7,10H,8-9,11H2/b16-10-. The highest BCUT2D eigenvalue weighted by atomic mass is 32.1. The maximum Gasteiger partial charge on any atom is 0.416 e. The maximum atomic E-state index is 13.2. The summed E-state index contributed by atoms with van der Waals surface area (Å²) in [7, 11) is 0. The zero-order chi connectivity index (χ0) is 21.6. The van der Waals surface area contributed by atoms with Crippen molar-refractivity contribution in [3.63, 3.8) is 0 Å². The first-order valence-corrected chi connectivity index (χ1v) is 10.2. The number of aromatic nitrogens is 3. The fourth-order valence-corrected chi connectivity index (χ4v) is 4.37. The van der Waals surface area contributed by atoms with E-state index in [0.717, 1.165) is 17.4 Å². The lowest BCUT2D eigenvalue weighted by Gasteiger charge is -2.11. The van der Waals surface area contributed by atoms with Crippen LogP contribution in [-0.4, -0.2) is 21.4 Å². The lowest BCUT2D eigenvalue weighted by molar-refractivity contribution is -0.138. The van der Waals surface area contributed by atoms with E-state index in [4.69, 9.17) is 9.47 Å². The Bertz CT molecular complexity index is 1390. The molecule has 31 heavy (non-hydrogen) atoms. The van der Waals surface area contributed by atoms with Gasteiger partial charge in [0.15, 0.2) is 17.3 Å². The third kappa shape index (κ3) is 3.63. The van der Waals surface area contributed by atoms with Crippen molar-refractivity contribution in [3.05, 3.63) is 79.9 Å². The van der Waals surface area contributed by atoms with Crippen molar-refractivity contribution in [1.29, 1.82) is 0 Å². The summed E-state index contributed by atoms with van der Waals surface area (Å²) in [5.74, 6) is 1.51. The van der Waals surface area contributed by atoms with E-state index in [2.05, 4.69) is 10.1 Å². The molecule has 5 rings (SSSR count). The predicted octanol–water partition coefficient (Wildman–Crippen LogP) is 3.23. The van der Waals surface area contributed by atoms with Crippen molar-refractivity contribution in [2.45, 2.75) is 19.0 Å². The molecule has 0 fully saturated rings. The maximum absolute atomic E-state index is 13.2. The van der Waals surface area contributed by atoms with Crippen molar-refractivity contribution < 1.29 is 22.6 Å². The van der Waals surface area contributed by atoms with E-state index in [9.17, 15) is 18.0 Å². The fraction of sp³-hybridized carbons (Fsp3) is 0.190. The molecule has 4 aromatic rings. The second kappa shape index (κ2) is 7.38. The van der Waals surface area contributed by atoms with E-state index in [1.165, 1.54) is 16.6 Å². The summed E-state index contributed by atoms with van der Waals surface area (Å²) in [4.78, 5) is 17.4. The topological polar surface area (TPSA) is 65.7 Å². The molecule has 2 aromatic carbocycles. The molecule has 6 nitrogen and oxygen atoms in total. The lowest BCUT2D eigenvalue weighted by Crippen LogP contribution is -2.23. The molecule has 158 valence electrons. The molecular weight excluding hydrogens is 431 g/mol. The Morgan fingerprint density at radius 1 is 1.10 bits per heavy atom. The van der Waals surface area contributed by atoms with Gasteiger partial charge in [-0.05, 0) is 30.2 Å². The average Bonchev–Trinajstić information content (AvgIpc) is 3.44. The number of hydrogen-bond donors (Lipinski definition) is 0. The first-order chi connectivity index (χ1) is 14.9. The quantitative estimate of drug-likeness (QED) is 0.483. The Morgan fingerprint density at radius 2 is 1.94 bits per heavy atom. The minimum atomic E-state index is -4.42. The number of alkyl halides is 3. The molecule has 0 aliphatic carbocycles. The van der Waals surface area contributed by atoms with Crippen molar-refractivity contribution in [2.75, 3.05) is 6.79 Å². The molecule has 0 N–H and O–H groups in total. The lowest BCUT2D eigenvalue weighted by atomic mass is 10.0. The second-order valence-electron chi connectivity index (χ2n) is 6.87. The van der Waals surface area contributed by atoms with Gasteiger partial charge in [0.1, 0.15) is 0 Å². The Hall–Kier alpha value is -3.40. The van der Waals surface area contributed by atoms with Crippen molar-refractivity contribution in [3.8, 4) is 11.5 Å². The second-order valence-corrected chi connectivity index (χ2v) is 7.88. The highest BCUT2D eigenvalue weighted by molar-refractivity contribution is 7.15. The number of halogens is 3. The van der Waals surface area contributed by atoms with Crippen LogP contribution >= 0.6 is 11.3 Å². The smallest absolute Gasteiger partial charge is 0.416 e. The minimum Gasteiger partial charge on any atom is -0.454 e. The van der Waals surface area contributed by atoms with Gasteiger partial charge < -0.3 is 9.47 Å². The molecule has 0 radical (unpaired) electrons. The SMILES string of the molecule is O=c1/c(=C/c2cccc3c2OCO3)sc2nc(CCc3ccccc3C(F)(F)F)nn12. The van der Waals surface area contributed by atoms with Gasteiger partial charge in [-0.15, -0.1) is 5.10 Å². The molecule has 10 heteroatoms. The summed E-state index contributed by atoms with van der Waals surface area (Å²) in [6.07, 6.45) is -2.42. The Labute approximate surface area is 177 Å². The number of para-hydroxylation sites is 1. The van der Waals surface area contributed by atoms with Gasteiger partial charge in [-0.2, -0.15) is 17.7 Å². The first kappa shape index (κ1) is 19.6. The van der Waals surface area contributed by atoms with E-state index >= 15 is 0 Å². The number of benzene rings is 2. The van der Waals surface area contributed by atoms with E-state index in [1.807, 2.05) is 6.07 Å². The van der Waals surface area contributed by atoms with Crippen molar-refractivity contribution in [1.82, 2.24) is 14.6 Å². The van der Waals surface area contributed by atoms with Gasteiger partial charge in [0.25, 0.3) is 5.56 Å². The molecule has 0 saturated heterocycles. The first-order valence-electron chi connectivity index (χ1n) is 9.34. The number of nitrogens with zero attached hydrogens (tertiary/aromatic N) is 3. The number of ether oxygens (including phenoxy) is 2. The van der Waals surface area contributed by atoms with E-state index in [1.54, 1.807) is 24.3 Å². The van der Waals surface area contributed by atoms with Crippen molar-refractivity contribution >= 4 is 22.4 Å². The van der Waals surface area contributed by atoms with Crippen LogP contribution in [0.15, 0.2) is 47.3 Å². The summed E-state index contributed by atoms with van der Waals surface area (Å²) in [6, 6.07) is 10.8. The molecule has 0 spiro atoms. The van der Waals surface area contributed by atoms with Crippen LogP contribution in [0.2, 0.25) is 0 Å². The number of aryl methyl sites for hydroxylation is 2. The van der Waals surface area contributed by atoms with Gasteiger partial charge in [0.2, 0.25) is 11.8 Å². The van der Waals surface area contributed by atoms with E-state index < -0.39 is 11.7 Å². The molecule has 0 unspecified atom stereocenters. The van der Waals surface area contributed by atoms with Gasteiger partial charge in [-0.3, -0.25) is 4.79 Å². The third-order valence-electron chi connectivity index (χ3n) is 4.88. The van der Waals surface area contributed by atoms with Gasteiger partial charge in [0.05, 0.1) is 10.1 Å². The van der Waals surface area contributed by atoms with Gasteiger partial charge >= 0.3 is 6.18 Å². The van der Waals surface area contributed by atoms with Crippen LogP contribution in [0.5, 0.6) is 11.5 Å². The van der Waals surface area contributed by atoms with Gasteiger partial charge in [0, 0.05) is 12.0 Å². The number of hydrogen-bond acceptors (Lipinski definition) is 6. The number of rotatable bonds is 4. The molecule has 2 aromatic heterocycles. The largest absolute Gasteiger partial charge is 0.454 e. The van der Waals surface area contributed by atoms with Gasteiger partial charge in [-0.25, -0.2) is 4.98 Å². The zero-order valence-corrected chi connectivity index (χ0v) is 16.7. The summed E-state index contributed by atoms with van der Waals surface area (Å²) >= 11 is 1.16. The highest BCUT2D eigenvalue weighted by Gasteiger charge is 2.32. The summed E-state index contributed by atoms with van der Waals surface area (Å²) in [6.45, 7) is 0.126. The fourth-order valence-electron chi connectivity index (χ4n) is 3.45. The molecule has 0 saturated carbocycles. The third-order valence-corrected chi connectivity index (χ3v) is 5.84. The van der Waals surface area contributed by atoms with Crippen LogP contribution in [0, 0.1) is 0 Å². The average molecular weight is 445 g/mol. The molecular formula is C21H14F3N3O3S. The Kier molecular flexibility index (Phi) is 4.66. The summed E-state index contributed by atoms with van der Waals surface area (Å²) in [5, 5.41) is 4.20. The molecule has 0 atom stereocenters. The zero-order valence-electron chi connectivity index (χ0n) is 15.8. The summed E-state index contributed by atoms with van der Waals surface area (Å²) < 4.78 is 51.9. The Morgan fingerprint density at radius 3 is 2.74 bits per heavy atom. The van der Waals surface area contributed by atoms with Crippen LogP contribution in [0.3, 0.4) is 0 Å². The Balaban J connectivity index is 1.42. The predicted molar refractivity (Wildman–Crippen MR) is 107 cm³/mol. The van der Waals surface area contributed by atoms with Crippen molar-refractivity contribution in [2.24, 2.45) is 0 Å². The molecule has 0 bridgehead atoms. The normalized spacial score (nSPS) is 14.0. The van der Waals surface area contributed by atoms with Crippen LogP contribution in [-0.2, 0) is 19.0 Å². The number of fused-ring (bicyclic) bond motifs is 2. The van der Waals surface area contributed by atoms with E-state index in [-0.39, 0.29) is 30.8 Å². The molecule has 3 heterocycles. The van der Waals surface area contributed by atoms with Crippen LogP contribution in [0.25, 0.3) is 11.0 Å². The molecule has 0 amide bonds. The van der Waals surface area contributed by atoms with Crippen LogP contribution < -0.4 is 19.6 Å².